The van der Waals surface area contributed by atoms with Crippen LogP contribution in [0.3, 0.4) is 0 Å². The number of fused-ring (bicyclic) bond motifs is 1. The number of nitrogens with one attached hydrogen (secondary N) is 2. The Balaban J connectivity index is 1.64. The zero-order chi connectivity index (χ0) is 22.1. The van der Waals surface area contributed by atoms with Crippen LogP contribution in [0.15, 0.2) is 60.7 Å². The second kappa shape index (κ2) is 8.89. The van der Waals surface area contributed by atoms with Crippen molar-refractivity contribution in [3.05, 3.63) is 91.7 Å². The maximum absolute atomic E-state index is 13.0. The fourth-order valence-corrected chi connectivity index (χ4v) is 5.02. The highest BCUT2D eigenvalue weighted by Crippen LogP contribution is 2.37. The van der Waals surface area contributed by atoms with Crippen molar-refractivity contribution in [2.24, 2.45) is 0 Å². The van der Waals surface area contributed by atoms with Crippen LogP contribution in [-0.4, -0.2) is 11.8 Å². The van der Waals surface area contributed by atoms with Crippen LogP contribution in [0.2, 0.25) is 15.1 Å². The smallest absolute Gasteiger partial charge is 0.267 e. The predicted molar refractivity (Wildman–Crippen MR) is 130 cm³/mol. The minimum atomic E-state index is -0.418. The molecule has 1 heterocycles. The summed E-state index contributed by atoms with van der Waals surface area (Å²) >= 11 is 19.8. The lowest BCUT2D eigenvalue weighted by Crippen LogP contribution is -2.18. The predicted octanol–water partition coefficient (Wildman–Crippen LogP) is 7.67. The quantitative estimate of drug-likeness (QED) is 0.309. The van der Waals surface area contributed by atoms with Crippen LogP contribution in [-0.2, 0) is 0 Å². The van der Waals surface area contributed by atoms with Crippen LogP contribution >= 0.6 is 46.1 Å². The molecular weight excluding hydrogens is 475 g/mol. The Morgan fingerprint density at radius 3 is 2.26 bits per heavy atom. The summed E-state index contributed by atoms with van der Waals surface area (Å²) in [5.74, 6) is -0.813. The van der Waals surface area contributed by atoms with Crippen molar-refractivity contribution in [1.82, 2.24) is 0 Å². The number of thiophene rings is 1. The largest absolute Gasteiger partial charge is 0.322 e. The van der Waals surface area contributed by atoms with Gasteiger partial charge in [-0.25, -0.2) is 0 Å². The van der Waals surface area contributed by atoms with Gasteiger partial charge in [-0.1, -0.05) is 46.9 Å². The van der Waals surface area contributed by atoms with Crippen LogP contribution in [0.25, 0.3) is 10.1 Å². The van der Waals surface area contributed by atoms with Crippen molar-refractivity contribution in [2.75, 3.05) is 10.6 Å². The van der Waals surface area contributed by atoms with Crippen molar-refractivity contribution >= 4 is 79.4 Å². The Bertz CT molecular complexity index is 1320. The van der Waals surface area contributed by atoms with E-state index in [1.54, 1.807) is 36.4 Å². The van der Waals surface area contributed by atoms with Gasteiger partial charge in [-0.3, -0.25) is 9.59 Å². The summed E-state index contributed by atoms with van der Waals surface area (Å²) < 4.78 is 0.923. The molecule has 8 heteroatoms. The molecule has 0 fully saturated rings. The molecule has 0 bridgehead atoms. The van der Waals surface area contributed by atoms with E-state index in [2.05, 4.69) is 10.6 Å². The van der Waals surface area contributed by atoms with Crippen LogP contribution in [0.5, 0.6) is 0 Å². The zero-order valence-corrected chi connectivity index (χ0v) is 19.2. The number of anilines is 2. The Hall–Kier alpha value is -2.57. The van der Waals surface area contributed by atoms with E-state index in [-0.39, 0.29) is 5.56 Å². The Morgan fingerprint density at radius 2 is 1.55 bits per heavy atom. The van der Waals surface area contributed by atoms with Gasteiger partial charge < -0.3 is 10.6 Å². The molecule has 2 amide bonds. The molecule has 0 aliphatic carbocycles. The lowest BCUT2D eigenvalue weighted by molar-refractivity contribution is 0.102. The molecule has 31 heavy (non-hydrogen) atoms. The van der Waals surface area contributed by atoms with Crippen molar-refractivity contribution in [3.63, 3.8) is 0 Å². The monoisotopic (exact) mass is 488 g/mol. The van der Waals surface area contributed by atoms with Gasteiger partial charge >= 0.3 is 0 Å². The molecule has 0 aliphatic heterocycles. The average molecular weight is 490 g/mol. The number of hydrogen-bond acceptors (Lipinski definition) is 3. The van der Waals surface area contributed by atoms with Crippen molar-refractivity contribution in [1.29, 1.82) is 0 Å². The summed E-state index contributed by atoms with van der Waals surface area (Å²) in [5, 5.41) is 7.76. The molecule has 1 aromatic heterocycles. The third-order valence-corrected chi connectivity index (χ3v) is 6.78. The van der Waals surface area contributed by atoms with Crippen molar-refractivity contribution in [3.8, 4) is 0 Å². The minimum absolute atomic E-state index is 0.226. The number of carbonyl (C=O) groups excluding carboxylic acids is 2. The molecule has 4 rings (SSSR count). The van der Waals surface area contributed by atoms with E-state index in [0.717, 1.165) is 15.6 Å². The maximum Gasteiger partial charge on any atom is 0.267 e. The Labute approximate surface area is 197 Å². The van der Waals surface area contributed by atoms with Crippen LogP contribution in [0.1, 0.15) is 25.6 Å². The van der Waals surface area contributed by atoms with Crippen LogP contribution in [0.4, 0.5) is 11.4 Å². The van der Waals surface area contributed by atoms with E-state index in [4.69, 9.17) is 34.8 Å². The SMILES string of the molecule is Cc1cccc2sc(C(=O)Nc3ccc(Cl)cc3C(=O)Nc3ccc(Cl)cc3)c(Cl)c12. The number of halogens is 3. The second-order valence-corrected chi connectivity index (χ2v) is 9.10. The normalized spacial score (nSPS) is 10.8. The number of benzene rings is 3. The number of amides is 2. The van der Waals surface area contributed by atoms with Crippen LogP contribution < -0.4 is 10.6 Å². The zero-order valence-electron chi connectivity index (χ0n) is 16.1. The number of hydrogen-bond donors (Lipinski definition) is 2. The number of aryl methyl sites for hydroxylation is 1. The number of carbonyl (C=O) groups is 2. The highest BCUT2D eigenvalue weighted by molar-refractivity contribution is 7.21. The summed E-state index contributed by atoms with van der Waals surface area (Å²) in [6, 6.07) is 17.2. The van der Waals surface area contributed by atoms with E-state index < -0.39 is 11.8 Å². The van der Waals surface area contributed by atoms with Gasteiger partial charge in [0.2, 0.25) is 0 Å². The summed E-state index contributed by atoms with van der Waals surface area (Å²) in [5.41, 5.74) is 2.11. The first-order chi connectivity index (χ1) is 14.8. The summed E-state index contributed by atoms with van der Waals surface area (Å²) in [7, 11) is 0. The van der Waals surface area contributed by atoms with Crippen molar-refractivity contribution < 1.29 is 9.59 Å². The van der Waals surface area contributed by atoms with Crippen molar-refractivity contribution in [2.45, 2.75) is 6.92 Å². The van der Waals surface area contributed by atoms with E-state index in [1.165, 1.54) is 17.4 Å². The summed E-state index contributed by atoms with van der Waals surface area (Å²) in [6.45, 7) is 1.95. The van der Waals surface area contributed by atoms with E-state index in [1.807, 2.05) is 25.1 Å². The fourth-order valence-electron chi connectivity index (χ4n) is 3.15. The molecular formula is C23H15Cl3N2O2S. The molecule has 4 aromatic rings. The van der Waals surface area contributed by atoms with Gasteiger partial charge in [0, 0.05) is 25.8 Å². The Morgan fingerprint density at radius 1 is 0.839 bits per heavy atom. The van der Waals surface area contributed by atoms with Gasteiger partial charge in [0.1, 0.15) is 4.88 Å². The van der Waals surface area contributed by atoms with E-state index in [0.29, 0.717) is 31.3 Å². The average Bonchev–Trinajstić information content (AvgIpc) is 3.09. The third kappa shape index (κ3) is 4.55. The molecule has 4 nitrogen and oxygen atoms in total. The maximum atomic E-state index is 13.0. The minimum Gasteiger partial charge on any atom is -0.322 e. The summed E-state index contributed by atoms with van der Waals surface area (Å²) in [6.07, 6.45) is 0. The lowest BCUT2D eigenvalue weighted by atomic mass is 10.1. The Kier molecular flexibility index (Phi) is 6.21. The van der Waals surface area contributed by atoms with E-state index in [9.17, 15) is 9.59 Å². The molecule has 0 unspecified atom stereocenters. The second-order valence-electron chi connectivity index (χ2n) is 6.80. The van der Waals surface area contributed by atoms with Gasteiger partial charge in [0.25, 0.3) is 11.8 Å². The van der Waals surface area contributed by atoms with Gasteiger partial charge in [-0.15, -0.1) is 11.3 Å². The van der Waals surface area contributed by atoms with Gasteiger partial charge in [0.05, 0.1) is 16.3 Å². The van der Waals surface area contributed by atoms with Gasteiger partial charge in [-0.2, -0.15) is 0 Å². The van der Waals surface area contributed by atoms with Gasteiger partial charge in [-0.05, 0) is 61.0 Å². The fraction of sp³-hybridized carbons (Fsp3) is 0.0435. The molecule has 156 valence electrons. The molecule has 0 saturated heterocycles. The molecule has 0 spiro atoms. The first-order valence-corrected chi connectivity index (χ1v) is 11.1. The molecule has 0 atom stereocenters. The first kappa shape index (κ1) is 21.7. The summed E-state index contributed by atoms with van der Waals surface area (Å²) in [4.78, 5) is 26.3. The lowest BCUT2D eigenvalue weighted by Gasteiger charge is -2.12. The molecule has 0 radical (unpaired) electrons. The number of rotatable bonds is 4. The molecule has 2 N–H and O–H groups in total. The molecule has 3 aromatic carbocycles. The third-order valence-electron chi connectivity index (χ3n) is 4.65. The van der Waals surface area contributed by atoms with E-state index >= 15 is 0 Å². The standard InChI is InChI=1S/C23H15Cl3N2O2S/c1-12-3-2-4-18-19(12)20(26)21(31-18)23(30)28-17-10-7-14(25)11-16(17)22(29)27-15-8-5-13(24)6-9-15/h2-11H,1H3,(H,27,29)(H,28,30). The highest BCUT2D eigenvalue weighted by atomic mass is 35.5. The molecule has 0 aliphatic rings. The molecule has 0 saturated carbocycles. The van der Waals surface area contributed by atoms with Crippen LogP contribution in [0, 0.1) is 6.92 Å². The highest BCUT2D eigenvalue weighted by Gasteiger charge is 2.21. The first-order valence-electron chi connectivity index (χ1n) is 9.19. The topological polar surface area (TPSA) is 58.2 Å². The van der Waals surface area contributed by atoms with Gasteiger partial charge in [0.15, 0.2) is 0 Å².